The summed E-state index contributed by atoms with van der Waals surface area (Å²) >= 11 is 6.68. The van der Waals surface area contributed by atoms with Crippen LogP contribution in [-0.2, 0) is 6.42 Å². The van der Waals surface area contributed by atoms with Crippen molar-refractivity contribution in [3.05, 3.63) is 77.8 Å². The summed E-state index contributed by atoms with van der Waals surface area (Å²) in [5.41, 5.74) is 5.79. The van der Waals surface area contributed by atoms with Crippen LogP contribution in [0.15, 0.2) is 67.3 Å². The topological polar surface area (TPSA) is 64.6 Å². The van der Waals surface area contributed by atoms with E-state index in [4.69, 9.17) is 11.6 Å². The van der Waals surface area contributed by atoms with Gasteiger partial charge in [-0.25, -0.2) is 14.8 Å². The predicted octanol–water partition coefficient (Wildman–Crippen LogP) is 5.30. The second-order valence-electron chi connectivity index (χ2n) is 9.39. The number of carbonyl (C=O) groups excluding carboxylic acids is 1. The monoisotopic (exact) mass is 498 g/mol. The first-order valence-corrected chi connectivity index (χ1v) is 12.6. The molecule has 4 aromatic rings. The van der Waals surface area contributed by atoms with Gasteiger partial charge in [-0.05, 0) is 48.2 Å². The van der Waals surface area contributed by atoms with Crippen LogP contribution in [0.1, 0.15) is 5.56 Å². The first-order chi connectivity index (χ1) is 17.6. The standard InChI is InChI=1S/C28H27ClN6O/c1-33-10-12-34(13-11-33)27-15-26-19(14-24(27)29)8-9-35(26)28(36)32-25-7-3-5-22-21(4-2-6-23(22)25)20-16-30-18-31-17-20/h2-7,14-18H,8-13H2,1H3,(H,32,36). The van der Waals surface area contributed by atoms with E-state index in [1.54, 1.807) is 12.4 Å². The molecule has 0 saturated carbocycles. The van der Waals surface area contributed by atoms with Gasteiger partial charge < -0.3 is 15.1 Å². The van der Waals surface area contributed by atoms with Crippen LogP contribution in [-0.4, -0.2) is 60.7 Å². The molecule has 8 heteroatoms. The maximum absolute atomic E-state index is 13.5. The van der Waals surface area contributed by atoms with Gasteiger partial charge in [-0.3, -0.25) is 4.90 Å². The second-order valence-corrected chi connectivity index (χ2v) is 9.80. The number of hydrogen-bond donors (Lipinski definition) is 1. The van der Waals surface area contributed by atoms with Crippen LogP contribution in [0, 0.1) is 0 Å². The number of nitrogens with zero attached hydrogens (tertiary/aromatic N) is 5. The molecule has 1 aromatic heterocycles. The summed E-state index contributed by atoms with van der Waals surface area (Å²) in [7, 11) is 2.14. The van der Waals surface area contributed by atoms with E-state index in [1.165, 1.54) is 6.33 Å². The van der Waals surface area contributed by atoms with Crippen molar-refractivity contribution < 1.29 is 4.79 Å². The van der Waals surface area contributed by atoms with Crippen LogP contribution in [0.5, 0.6) is 0 Å². The highest BCUT2D eigenvalue weighted by Gasteiger charge is 2.28. The number of hydrogen-bond acceptors (Lipinski definition) is 5. The van der Waals surface area contributed by atoms with Crippen LogP contribution in [0.25, 0.3) is 21.9 Å². The Balaban J connectivity index is 1.30. The molecule has 3 heterocycles. The quantitative estimate of drug-likeness (QED) is 0.415. The van der Waals surface area contributed by atoms with E-state index < -0.39 is 0 Å². The predicted molar refractivity (Wildman–Crippen MR) is 146 cm³/mol. The van der Waals surface area contributed by atoms with Gasteiger partial charge in [0.05, 0.1) is 22.1 Å². The average Bonchev–Trinajstić information content (AvgIpc) is 3.32. The molecule has 36 heavy (non-hydrogen) atoms. The molecule has 7 nitrogen and oxygen atoms in total. The number of urea groups is 1. The average molecular weight is 499 g/mol. The molecule has 0 aliphatic carbocycles. The maximum atomic E-state index is 13.5. The van der Waals surface area contributed by atoms with Gasteiger partial charge >= 0.3 is 6.03 Å². The number of anilines is 3. The van der Waals surface area contributed by atoms with E-state index in [1.807, 2.05) is 41.3 Å². The Morgan fingerprint density at radius 2 is 1.67 bits per heavy atom. The number of aromatic nitrogens is 2. The van der Waals surface area contributed by atoms with Gasteiger partial charge in [0.1, 0.15) is 6.33 Å². The summed E-state index contributed by atoms with van der Waals surface area (Å²) in [6.07, 6.45) is 5.92. The highest BCUT2D eigenvalue weighted by atomic mass is 35.5. The number of nitrogens with one attached hydrogen (secondary N) is 1. The number of halogens is 1. The molecular weight excluding hydrogens is 472 g/mol. The molecule has 2 aliphatic heterocycles. The third kappa shape index (κ3) is 4.14. The molecule has 1 fully saturated rings. The minimum Gasteiger partial charge on any atom is -0.368 e. The molecule has 2 aliphatic rings. The van der Waals surface area contributed by atoms with E-state index in [-0.39, 0.29) is 6.03 Å². The Kier molecular flexibility index (Phi) is 5.95. The number of benzene rings is 3. The molecular formula is C28H27ClN6O. The Hall–Kier alpha value is -3.68. The van der Waals surface area contributed by atoms with Gasteiger partial charge in [0.2, 0.25) is 0 Å². The van der Waals surface area contributed by atoms with Gasteiger partial charge in [-0.15, -0.1) is 0 Å². The maximum Gasteiger partial charge on any atom is 0.326 e. The molecule has 2 amide bonds. The normalized spacial score (nSPS) is 15.8. The SMILES string of the molecule is CN1CCN(c2cc3c(cc2Cl)CCN3C(=O)Nc2cccc3c(-c4cncnc4)cccc23)CC1. The van der Waals surface area contributed by atoms with Gasteiger partial charge in [-0.2, -0.15) is 0 Å². The lowest BCUT2D eigenvalue weighted by atomic mass is 9.99. The Bertz CT molecular complexity index is 1440. The molecule has 0 bridgehead atoms. The van der Waals surface area contributed by atoms with Gasteiger partial charge in [-0.1, -0.05) is 41.9 Å². The number of fused-ring (bicyclic) bond motifs is 2. The smallest absolute Gasteiger partial charge is 0.326 e. The van der Waals surface area contributed by atoms with Crippen molar-refractivity contribution in [1.82, 2.24) is 14.9 Å². The summed E-state index contributed by atoms with van der Waals surface area (Å²) < 4.78 is 0. The van der Waals surface area contributed by atoms with E-state index in [0.29, 0.717) is 6.54 Å². The van der Waals surface area contributed by atoms with Gasteiger partial charge in [0.15, 0.2) is 0 Å². The summed E-state index contributed by atoms with van der Waals surface area (Å²) in [5, 5.41) is 5.94. The van der Waals surface area contributed by atoms with Crippen LogP contribution in [0.2, 0.25) is 5.02 Å². The van der Waals surface area contributed by atoms with Crippen molar-refractivity contribution in [2.24, 2.45) is 0 Å². The molecule has 6 rings (SSSR count). The van der Waals surface area contributed by atoms with Crippen molar-refractivity contribution >= 4 is 45.5 Å². The summed E-state index contributed by atoms with van der Waals surface area (Å²) in [6, 6.07) is 16.0. The first-order valence-electron chi connectivity index (χ1n) is 12.2. The van der Waals surface area contributed by atoms with E-state index in [2.05, 4.69) is 44.3 Å². The lowest BCUT2D eigenvalue weighted by molar-refractivity contribution is 0.257. The van der Waals surface area contributed by atoms with Crippen molar-refractivity contribution in [1.29, 1.82) is 0 Å². The molecule has 0 atom stereocenters. The van der Waals surface area contributed by atoms with Crippen molar-refractivity contribution in [3.63, 3.8) is 0 Å². The zero-order chi connectivity index (χ0) is 24.6. The zero-order valence-electron chi connectivity index (χ0n) is 20.1. The largest absolute Gasteiger partial charge is 0.368 e. The second kappa shape index (κ2) is 9.41. The van der Waals surface area contributed by atoms with Crippen LogP contribution in [0.4, 0.5) is 21.9 Å². The highest BCUT2D eigenvalue weighted by molar-refractivity contribution is 6.33. The number of likely N-dealkylation sites (N-methyl/N-ethyl adjacent to an activating group) is 1. The first kappa shape index (κ1) is 22.8. The Morgan fingerprint density at radius 3 is 2.47 bits per heavy atom. The summed E-state index contributed by atoms with van der Waals surface area (Å²) in [6.45, 7) is 4.46. The van der Waals surface area contributed by atoms with Crippen molar-refractivity contribution in [2.45, 2.75) is 6.42 Å². The number of rotatable bonds is 3. The molecule has 182 valence electrons. The fourth-order valence-corrected chi connectivity index (χ4v) is 5.49. The third-order valence-electron chi connectivity index (χ3n) is 7.17. The van der Waals surface area contributed by atoms with Gasteiger partial charge in [0.25, 0.3) is 0 Å². The van der Waals surface area contributed by atoms with E-state index in [9.17, 15) is 4.79 Å². The minimum atomic E-state index is -0.138. The third-order valence-corrected chi connectivity index (χ3v) is 7.47. The van der Waals surface area contributed by atoms with Crippen molar-refractivity contribution in [3.8, 4) is 11.1 Å². The minimum absolute atomic E-state index is 0.138. The van der Waals surface area contributed by atoms with Crippen molar-refractivity contribution in [2.75, 3.05) is 54.9 Å². The molecule has 0 radical (unpaired) electrons. The zero-order valence-corrected chi connectivity index (χ0v) is 20.9. The number of amides is 2. The Morgan fingerprint density at radius 1 is 0.917 bits per heavy atom. The molecule has 1 saturated heterocycles. The highest BCUT2D eigenvalue weighted by Crippen LogP contribution is 2.39. The molecule has 1 N–H and O–H groups in total. The van der Waals surface area contributed by atoms with E-state index in [0.717, 1.165) is 82.1 Å². The fraction of sp³-hybridized carbons (Fsp3) is 0.250. The summed E-state index contributed by atoms with van der Waals surface area (Å²) in [5.74, 6) is 0. The lowest BCUT2D eigenvalue weighted by Crippen LogP contribution is -2.44. The fourth-order valence-electron chi connectivity index (χ4n) is 5.19. The molecule has 0 spiro atoms. The Labute approximate surface area is 215 Å². The molecule has 0 unspecified atom stereocenters. The van der Waals surface area contributed by atoms with Crippen LogP contribution in [0.3, 0.4) is 0 Å². The van der Waals surface area contributed by atoms with Crippen LogP contribution < -0.4 is 15.1 Å². The van der Waals surface area contributed by atoms with Gasteiger partial charge in [0, 0.05) is 56.1 Å². The molecule has 3 aromatic carbocycles. The number of piperazine rings is 1. The number of carbonyl (C=O) groups is 1. The van der Waals surface area contributed by atoms with Crippen LogP contribution >= 0.6 is 11.6 Å². The van der Waals surface area contributed by atoms with E-state index >= 15 is 0 Å². The lowest BCUT2D eigenvalue weighted by Gasteiger charge is -2.35. The summed E-state index contributed by atoms with van der Waals surface area (Å²) in [4.78, 5) is 28.3.